The molecule has 0 aromatic heterocycles. The molecule has 1 aliphatic carbocycles. The van der Waals surface area contributed by atoms with Gasteiger partial charge in [0.2, 0.25) is 5.91 Å². The average Bonchev–Trinajstić information content (AvgIpc) is 3.50. The molecule has 262 valence electrons. The van der Waals surface area contributed by atoms with Crippen LogP contribution in [0.3, 0.4) is 0 Å². The lowest BCUT2D eigenvalue weighted by Crippen LogP contribution is -2.57. The van der Waals surface area contributed by atoms with Crippen molar-refractivity contribution in [2.24, 2.45) is 0 Å². The number of ether oxygens (including phenoxy) is 1. The van der Waals surface area contributed by atoms with Gasteiger partial charge in [0.25, 0.3) is 0 Å². The number of hydrogen-bond acceptors (Lipinski definition) is 5. The predicted molar refractivity (Wildman–Crippen MR) is 207 cm³/mol. The second-order valence-electron chi connectivity index (χ2n) is 13.2. The maximum atomic E-state index is 14.6. The molecule has 0 saturated carbocycles. The first-order valence-electron chi connectivity index (χ1n) is 17.8. The Morgan fingerprint density at radius 3 is 1.67 bits per heavy atom. The number of carbonyl (C=O) groups excluding carboxylic acids is 2. The third kappa shape index (κ3) is 7.60. The molecule has 0 bridgehead atoms. The number of alkyl carbamates (subject to hydrolysis) is 1. The molecule has 7 heteroatoms. The Morgan fingerprint density at radius 2 is 1.18 bits per heavy atom. The van der Waals surface area contributed by atoms with Gasteiger partial charge in [0, 0.05) is 19.1 Å². The highest BCUT2D eigenvalue weighted by Gasteiger charge is 2.50. The highest BCUT2D eigenvalue weighted by molar-refractivity contribution is 8.02. The fourth-order valence-electron chi connectivity index (χ4n) is 7.09. The third-order valence-electron chi connectivity index (χ3n) is 9.98. The standard InChI is InChI=1S/C44H46N2O4S/c1-32(46-42(49)50-31-40-38-27-15-13-25-36(38)37-26-14-16-28-39(37)40)43(2,41(48)45-29-17-6-18-30-47)51-44(33-19-7-3-8-20-33,34-21-9-4-10-22-34)35-23-11-5-12-24-35/h3-5,7-16,19-28,32,40,47H,6,17-18,29-31H2,1-2H3,(H,45,48)(H,46,49). The van der Waals surface area contributed by atoms with Crippen LogP contribution < -0.4 is 10.6 Å². The Balaban J connectivity index is 1.32. The SMILES string of the molecule is CC(NC(=O)OCC1c2ccccc2-c2ccccc21)C(C)(SC(c1ccccc1)(c1ccccc1)c1ccccc1)C(=O)NCCCCCO. The first-order chi connectivity index (χ1) is 24.9. The van der Waals surface area contributed by atoms with Crippen LogP contribution in [-0.2, 0) is 14.3 Å². The van der Waals surface area contributed by atoms with E-state index in [1.165, 1.54) is 11.8 Å². The molecule has 0 radical (unpaired) electrons. The van der Waals surface area contributed by atoms with Crippen molar-refractivity contribution in [3.05, 3.63) is 167 Å². The molecule has 3 N–H and O–H groups in total. The zero-order valence-corrected chi connectivity index (χ0v) is 30.1. The number of benzene rings is 5. The second kappa shape index (κ2) is 16.4. The van der Waals surface area contributed by atoms with Gasteiger partial charge in [-0.2, -0.15) is 0 Å². The summed E-state index contributed by atoms with van der Waals surface area (Å²) in [5.74, 6) is -0.265. The molecule has 2 amide bonds. The lowest BCUT2D eigenvalue weighted by atomic mass is 9.84. The third-order valence-corrected chi connectivity index (χ3v) is 12.0. The van der Waals surface area contributed by atoms with Gasteiger partial charge in [0.15, 0.2) is 0 Å². The van der Waals surface area contributed by atoms with Gasteiger partial charge >= 0.3 is 6.09 Å². The van der Waals surface area contributed by atoms with E-state index in [4.69, 9.17) is 4.74 Å². The molecule has 51 heavy (non-hydrogen) atoms. The monoisotopic (exact) mass is 698 g/mol. The van der Waals surface area contributed by atoms with Crippen molar-refractivity contribution in [1.29, 1.82) is 0 Å². The van der Waals surface area contributed by atoms with Crippen LogP contribution >= 0.6 is 11.8 Å². The fourth-order valence-corrected chi connectivity index (χ4v) is 8.89. The number of aliphatic hydroxyl groups is 1. The molecule has 0 saturated heterocycles. The summed E-state index contributed by atoms with van der Waals surface area (Å²) in [4.78, 5) is 28.3. The first-order valence-corrected chi connectivity index (χ1v) is 18.6. The van der Waals surface area contributed by atoms with E-state index >= 15 is 0 Å². The summed E-state index contributed by atoms with van der Waals surface area (Å²) in [6.45, 7) is 4.55. The number of thioether (sulfide) groups is 1. The molecular formula is C44H46N2O4S. The highest BCUT2D eigenvalue weighted by atomic mass is 32.2. The van der Waals surface area contributed by atoms with E-state index in [1.807, 2.05) is 92.7 Å². The number of hydrogen-bond donors (Lipinski definition) is 3. The van der Waals surface area contributed by atoms with Gasteiger partial charge < -0.3 is 20.5 Å². The van der Waals surface area contributed by atoms with Gasteiger partial charge in [-0.05, 0) is 72.1 Å². The van der Waals surface area contributed by atoms with Crippen LogP contribution in [0.2, 0.25) is 0 Å². The Labute approximate surface area is 305 Å². The number of amides is 2. The topological polar surface area (TPSA) is 87.7 Å². The minimum absolute atomic E-state index is 0.0803. The molecule has 6 nitrogen and oxygen atoms in total. The van der Waals surface area contributed by atoms with Gasteiger partial charge in [-0.15, -0.1) is 11.8 Å². The average molecular weight is 699 g/mol. The summed E-state index contributed by atoms with van der Waals surface area (Å²) >= 11 is 1.53. The van der Waals surface area contributed by atoms with E-state index in [9.17, 15) is 14.7 Å². The van der Waals surface area contributed by atoms with Crippen LogP contribution in [0.25, 0.3) is 11.1 Å². The maximum absolute atomic E-state index is 14.6. The van der Waals surface area contributed by atoms with E-state index in [1.54, 1.807) is 0 Å². The molecule has 1 aliphatic rings. The van der Waals surface area contributed by atoms with Gasteiger partial charge in [-0.3, -0.25) is 4.79 Å². The number of fused-ring (bicyclic) bond motifs is 3. The van der Waals surface area contributed by atoms with E-state index in [0.29, 0.717) is 13.0 Å². The Bertz CT molecular complexity index is 1760. The number of unbranched alkanes of at least 4 members (excludes halogenated alkanes) is 2. The van der Waals surface area contributed by atoms with Crippen molar-refractivity contribution < 1.29 is 19.4 Å². The molecule has 2 atom stereocenters. The Kier molecular flexibility index (Phi) is 11.6. The summed E-state index contributed by atoms with van der Waals surface area (Å²) in [6, 6.07) is 46.6. The predicted octanol–water partition coefficient (Wildman–Crippen LogP) is 8.68. The number of nitrogens with one attached hydrogen (secondary N) is 2. The van der Waals surface area contributed by atoms with E-state index in [0.717, 1.165) is 51.8 Å². The van der Waals surface area contributed by atoms with E-state index < -0.39 is 21.6 Å². The van der Waals surface area contributed by atoms with Crippen molar-refractivity contribution in [3.8, 4) is 11.1 Å². The van der Waals surface area contributed by atoms with E-state index in [2.05, 4.69) is 71.3 Å². The van der Waals surface area contributed by atoms with Crippen molar-refractivity contribution in [3.63, 3.8) is 0 Å². The molecule has 2 unspecified atom stereocenters. The molecule has 0 fully saturated rings. The van der Waals surface area contributed by atoms with Crippen molar-refractivity contribution in [2.45, 2.75) is 54.6 Å². The molecule has 0 aliphatic heterocycles. The van der Waals surface area contributed by atoms with E-state index in [-0.39, 0.29) is 25.0 Å². The molecular weight excluding hydrogens is 653 g/mol. The van der Waals surface area contributed by atoms with Crippen LogP contribution in [0.4, 0.5) is 4.79 Å². The normalized spacial score (nSPS) is 14.1. The number of aliphatic hydroxyl groups excluding tert-OH is 1. The van der Waals surface area contributed by atoms with Crippen LogP contribution in [0.1, 0.15) is 66.8 Å². The summed E-state index contributed by atoms with van der Waals surface area (Å²) < 4.78 is 3.99. The smallest absolute Gasteiger partial charge is 0.407 e. The van der Waals surface area contributed by atoms with Crippen LogP contribution in [0, 0.1) is 0 Å². The zero-order valence-electron chi connectivity index (χ0n) is 29.3. The number of rotatable bonds is 15. The van der Waals surface area contributed by atoms with Crippen molar-refractivity contribution in [1.82, 2.24) is 10.6 Å². The van der Waals surface area contributed by atoms with Gasteiger partial charge in [-0.25, -0.2) is 4.79 Å². The molecule has 0 heterocycles. The van der Waals surface area contributed by atoms with Gasteiger partial charge in [0.05, 0.1) is 10.8 Å². The van der Waals surface area contributed by atoms with Crippen LogP contribution in [0.5, 0.6) is 0 Å². The minimum atomic E-state index is -1.18. The minimum Gasteiger partial charge on any atom is -0.449 e. The molecule has 5 aromatic rings. The Hall–Kier alpha value is -4.85. The lowest BCUT2D eigenvalue weighted by Gasteiger charge is -2.44. The van der Waals surface area contributed by atoms with Gasteiger partial charge in [-0.1, -0.05) is 140 Å². The highest BCUT2D eigenvalue weighted by Crippen LogP contribution is 2.54. The number of carbonyl (C=O) groups is 2. The van der Waals surface area contributed by atoms with Crippen LogP contribution in [-0.4, -0.2) is 47.7 Å². The quantitative estimate of drug-likeness (QED) is 0.0753. The first kappa shape index (κ1) is 36.0. The fraction of sp³-hybridized carbons (Fsp3) is 0.273. The molecule has 6 rings (SSSR count). The second-order valence-corrected chi connectivity index (χ2v) is 14.9. The Morgan fingerprint density at radius 1 is 0.706 bits per heavy atom. The summed E-state index contributed by atoms with van der Waals surface area (Å²) in [5.41, 5.74) is 7.65. The zero-order chi connectivity index (χ0) is 35.7. The maximum Gasteiger partial charge on any atom is 0.407 e. The van der Waals surface area contributed by atoms with Gasteiger partial charge in [0.1, 0.15) is 11.4 Å². The lowest BCUT2D eigenvalue weighted by molar-refractivity contribution is -0.123. The van der Waals surface area contributed by atoms with Crippen molar-refractivity contribution >= 4 is 23.8 Å². The molecule has 0 spiro atoms. The van der Waals surface area contributed by atoms with Crippen LogP contribution in [0.15, 0.2) is 140 Å². The summed E-state index contributed by atoms with van der Waals surface area (Å²) in [7, 11) is 0. The van der Waals surface area contributed by atoms with Crippen molar-refractivity contribution in [2.75, 3.05) is 19.8 Å². The summed E-state index contributed by atoms with van der Waals surface area (Å²) in [6.07, 6.45) is 1.65. The summed E-state index contributed by atoms with van der Waals surface area (Å²) in [5, 5.41) is 15.5. The molecule has 5 aromatic carbocycles. The largest absolute Gasteiger partial charge is 0.449 e.